The van der Waals surface area contributed by atoms with Crippen molar-refractivity contribution >= 4 is 27.3 Å². The van der Waals surface area contributed by atoms with E-state index in [1.807, 2.05) is 31.2 Å². The Labute approximate surface area is 148 Å². The van der Waals surface area contributed by atoms with Gasteiger partial charge in [0.1, 0.15) is 6.42 Å². The summed E-state index contributed by atoms with van der Waals surface area (Å²) in [5, 5.41) is 0. The number of carbonyl (C=O) groups excluding carboxylic acids is 2. The van der Waals surface area contributed by atoms with Crippen LogP contribution in [0.2, 0.25) is 0 Å². The summed E-state index contributed by atoms with van der Waals surface area (Å²) in [5.74, 6) is -0.364. The Balaban J connectivity index is 1.69. The molecule has 2 aliphatic rings. The molecule has 2 amide bonds. The molecule has 0 aromatic heterocycles. The zero-order chi connectivity index (χ0) is 18.0. The molecular weight excluding hydrogens is 340 g/mol. The summed E-state index contributed by atoms with van der Waals surface area (Å²) in [5.41, 5.74) is 2.02. The van der Waals surface area contributed by atoms with E-state index in [1.54, 1.807) is 9.80 Å². The third kappa shape index (κ3) is 3.86. The average Bonchev–Trinajstić information content (AvgIpc) is 2.94. The van der Waals surface area contributed by atoms with Crippen molar-refractivity contribution in [3.8, 4) is 0 Å². The predicted octanol–water partition coefficient (Wildman–Crippen LogP) is 1.39. The minimum absolute atomic E-state index is 0.00726. The molecule has 0 N–H and O–H groups in total. The summed E-state index contributed by atoms with van der Waals surface area (Å²) in [6.45, 7) is 2.86. The first-order valence-electron chi connectivity index (χ1n) is 8.79. The van der Waals surface area contributed by atoms with Gasteiger partial charge in [0.25, 0.3) is 0 Å². The van der Waals surface area contributed by atoms with Gasteiger partial charge in [0.15, 0.2) is 9.84 Å². The molecule has 1 atom stereocenters. The molecule has 2 heterocycles. The van der Waals surface area contributed by atoms with Gasteiger partial charge >= 0.3 is 0 Å². The molecule has 3 rings (SSSR count). The van der Waals surface area contributed by atoms with Gasteiger partial charge in [-0.05, 0) is 37.8 Å². The van der Waals surface area contributed by atoms with Crippen LogP contribution in [0.3, 0.4) is 0 Å². The number of anilines is 1. The highest BCUT2D eigenvalue weighted by atomic mass is 32.2. The molecule has 1 saturated heterocycles. The maximum Gasteiger partial charge on any atom is 0.236 e. The Kier molecular flexibility index (Phi) is 5.13. The molecule has 25 heavy (non-hydrogen) atoms. The Morgan fingerprint density at radius 3 is 2.72 bits per heavy atom. The molecule has 0 aliphatic carbocycles. The van der Waals surface area contributed by atoms with Crippen LogP contribution >= 0.6 is 0 Å². The van der Waals surface area contributed by atoms with Gasteiger partial charge < -0.3 is 9.80 Å². The van der Waals surface area contributed by atoms with Crippen molar-refractivity contribution in [2.24, 2.45) is 0 Å². The topological polar surface area (TPSA) is 74.8 Å². The zero-order valence-electron chi connectivity index (χ0n) is 14.5. The Morgan fingerprint density at radius 2 is 2.04 bits per heavy atom. The smallest absolute Gasteiger partial charge is 0.236 e. The Hall–Kier alpha value is -1.89. The molecule has 7 heteroatoms. The molecule has 1 unspecified atom stereocenters. The second-order valence-corrected chi connectivity index (χ2v) is 8.92. The third-order valence-corrected chi connectivity index (χ3v) is 6.77. The number of hydrogen-bond acceptors (Lipinski definition) is 4. The third-order valence-electron chi connectivity index (χ3n) is 5.02. The van der Waals surface area contributed by atoms with Crippen molar-refractivity contribution in [2.45, 2.75) is 38.6 Å². The van der Waals surface area contributed by atoms with E-state index in [0.717, 1.165) is 24.1 Å². The van der Waals surface area contributed by atoms with Crippen molar-refractivity contribution in [3.05, 3.63) is 29.8 Å². The maximum atomic E-state index is 12.7. The summed E-state index contributed by atoms with van der Waals surface area (Å²) >= 11 is 0. The van der Waals surface area contributed by atoms with Gasteiger partial charge in [-0.2, -0.15) is 0 Å². The average molecular weight is 364 g/mol. The SMILES string of the molecule is CCN(C(=O)CC(=O)N1CCCc2ccccc21)C1CCS(=O)(=O)C1. The first kappa shape index (κ1) is 17.9. The van der Waals surface area contributed by atoms with Gasteiger partial charge in [0.05, 0.1) is 11.5 Å². The zero-order valence-corrected chi connectivity index (χ0v) is 15.3. The molecule has 1 aromatic carbocycles. The van der Waals surface area contributed by atoms with Crippen LogP contribution in [0.15, 0.2) is 24.3 Å². The van der Waals surface area contributed by atoms with Crippen molar-refractivity contribution in [1.82, 2.24) is 4.90 Å². The molecule has 0 bridgehead atoms. The molecule has 0 spiro atoms. The van der Waals surface area contributed by atoms with Crippen molar-refractivity contribution in [1.29, 1.82) is 0 Å². The number of carbonyl (C=O) groups is 2. The van der Waals surface area contributed by atoms with E-state index in [9.17, 15) is 18.0 Å². The first-order chi connectivity index (χ1) is 11.9. The molecule has 0 saturated carbocycles. The van der Waals surface area contributed by atoms with Crippen LogP contribution in [-0.2, 0) is 25.8 Å². The van der Waals surface area contributed by atoms with Gasteiger partial charge in [-0.3, -0.25) is 9.59 Å². The van der Waals surface area contributed by atoms with Crippen LogP contribution in [-0.4, -0.2) is 55.8 Å². The largest absolute Gasteiger partial charge is 0.338 e. The minimum Gasteiger partial charge on any atom is -0.338 e. The molecule has 136 valence electrons. The molecular formula is C18H24N2O4S. The molecule has 2 aliphatic heterocycles. The number of benzene rings is 1. The highest BCUT2D eigenvalue weighted by Crippen LogP contribution is 2.27. The predicted molar refractivity (Wildman–Crippen MR) is 96.2 cm³/mol. The lowest BCUT2D eigenvalue weighted by molar-refractivity contribution is -0.136. The fraction of sp³-hybridized carbons (Fsp3) is 0.556. The molecule has 1 fully saturated rings. The highest BCUT2D eigenvalue weighted by molar-refractivity contribution is 7.91. The standard InChI is InChI=1S/C18H24N2O4S/c1-2-19(15-9-11-25(23,24)13-15)17(21)12-18(22)20-10-5-7-14-6-3-4-8-16(14)20/h3-4,6,8,15H,2,5,7,9-13H2,1H3. The lowest BCUT2D eigenvalue weighted by Gasteiger charge is -2.31. The van der Waals surface area contributed by atoms with Gasteiger partial charge in [-0.25, -0.2) is 8.42 Å². The van der Waals surface area contributed by atoms with E-state index in [-0.39, 0.29) is 35.8 Å². The van der Waals surface area contributed by atoms with Crippen LogP contribution in [0.5, 0.6) is 0 Å². The quantitative estimate of drug-likeness (QED) is 0.757. The van der Waals surface area contributed by atoms with Crippen LogP contribution in [0.4, 0.5) is 5.69 Å². The normalized spacial score (nSPS) is 21.6. The summed E-state index contributed by atoms with van der Waals surface area (Å²) in [6.07, 6.45) is 2.07. The van der Waals surface area contributed by atoms with Crippen LogP contribution in [0.25, 0.3) is 0 Å². The number of nitrogens with zero attached hydrogens (tertiary/aromatic N) is 2. The number of fused-ring (bicyclic) bond motifs is 1. The monoisotopic (exact) mass is 364 g/mol. The fourth-order valence-electron chi connectivity index (χ4n) is 3.78. The van der Waals surface area contributed by atoms with E-state index in [4.69, 9.17) is 0 Å². The number of aryl methyl sites for hydroxylation is 1. The van der Waals surface area contributed by atoms with E-state index < -0.39 is 9.84 Å². The van der Waals surface area contributed by atoms with Crippen LogP contribution < -0.4 is 4.90 Å². The molecule has 6 nitrogen and oxygen atoms in total. The number of hydrogen-bond donors (Lipinski definition) is 0. The van der Waals surface area contributed by atoms with Crippen LogP contribution in [0.1, 0.15) is 31.7 Å². The number of amides is 2. The van der Waals surface area contributed by atoms with Gasteiger partial charge in [-0.15, -0.1) is 0 Å². The van der Waals surface area contributed by atoms with Crippen molar-refractivity contribution < 1.29 is 18.0 Å². The number of sulfone groups is 1. The van der Waals surface area contributed by atoms with Gasteiger partial charge in [-0.1, -0.05) is 18.2 Å². The van der Waals surface area contributed by atoms with Gasteiger partial charge in [0.2, 0.25) is 11.8 Å². The second kappa shape index (κ2) is 7.15. The van der Waals surface area contributed by atoms with Crippen molar-refractivity contribution in [2.75, 3.05) is 29.5 Å². The van der Waals surface area contributed by atoms with Crippen LogP contribution in [0, 0.1) is 0 Å². The molecule has 1 aromatic rings. The number of rotatable bonds is 4. The van der Waals surface area contributed by atoms with E-state index in [1.165, 1.54) is 0 Å². The maximum absolute atomic E-state index is 12.7. The van der Waals surface area contributed by atoms with E-state index >= 15 is 0 Å². The Morgan fingerprint density at radius 1 is 1.28 bits per heavy atom. The lowest BCUT2D eigenvalue weighted by atomic mass is 10.0. The second-order valence-electron chi connectivity index (χ2n) is 6.69. The van der Waals surface area contributed by atoms with E-state index in [0.29, 0.717) is 19.5 Å². The molecule has 0 radical (unpaired) electrons. The number of para-hydroxylation sites is 1. The highest BCUT2D eigenvalue weighted by Gasteiger charge is 2.35. The summed E-state index contributed by atoms with van der Waals surface area (Å²) in [7, 11) is -3.06. The Bertz CT molecular complexity index is 775. The first-order valence-corrected chi connectivity index (χ1v) is 10.6. The summed E-state index contributed by atoms with van der Waals surface area (Å²) in [4.78, 5) is 28.6. The van der Waals surface area contributed by atoms with Gasteiger partial charge in [0, 0.05) is 24.8 Å². The van der Waals surface area contributed by atoms with E-state index in [2.05, 4.69) is 0 Å². The summed E-state index contributed by atoms with van der Waals surface area (Å²) in [6, 6.07) is 7.48. The minimum atomic E-state index is -3.06. The lowest BCUT2D eigenvalue weighted by Crippen LogP contribution is -2.44. The van der Waals surface area contributed by atoms with Crippen molar-refractivity contribution in [3.63, 3.8) is 0 Å². The summed E-state index contributed by atoms with van der Waals surface area (Å²) < 4.78 is 23.4. The fourth-order valence-corrected chi connectivity index (χ4v) is 5.51.